The Morgan fingerprint density at radius 3 is 2.53 bits per heavy atom. The first-order valence-electron chi connectivity index (χ1n) is 6.61. The van der Waals surface area contributed by atoms with Crippen LogP contribution in [0, 0.1) is 27.7 Å². The van der Waals surface area contributed by atoms with Gasteiger partial charge in [-0.25, -0.2) is 14.6 Å². The van der Waals surface area contributed by atoms with E-state index in [9.17, 15) is 0 Å². The normalized spacial score (nSPS) is 11.0. The fraction of sp³-hybridized carbons (Fsp3) is 0.500. The summed E-state index contributed by atoms with van der Waals surface area (Å²) in [5.41, 5.74) is 4.39. The number of rotatable bonds is 4. The van der Waals surface area contributed by atoms with Crippen molar-refractivity contribution in [2.24, 2.45) is 0 Å². The van der Waals surface area contributed by atoms with Crippen molar-refractivity contribution in [3.8, 4) is 5.82 Å². The van der Waals surface area contributed by atoms with Gasteiger partial charge < -0.3 is 5.32 Å². The first-order valence-corrected chi connectivity index (χ1v) is 6.61. The molecule has 5 heteroatoms. The molecular weight excluding hydrogens is 238 g/mol. The SMILES string of the molecule is CCNCc1c(C)nn(-c2cc(C)nc(C)n2)c1C. The predicted octanol–water partition coefficient (Wildman–Crippen LogP) is 2.01. The Hall–Kier alpha value is -1.75. The molecule has 5 nitrogen and oxygen atoms in total. The topological polar surface area (TPSA) is 55.6 Å². The Kier molecular flexibility index (Phi) is 3.95. The Labute approximate surface area is 114 Å². The summed E-state index contributed by atoms with van der Waals surface area (Å²) in [5, 5.41) is 7.95. The molecule has 102 valence electrons. The first kappa shape index (κ1) is 13.7. The maximum atomic E-state index is 4.60. The maximum Gasteiger partial charge on any atom is 0.157 e. The monoisotopic (exact) mass is 259 g/mol. The third-order valence-corrected chi connectivity index (χ3v) is 3.16. The van der Waals surface area contributed by atoms with Crippen LogP contribution < -0.4 is 5.32 Å². The third-order valence-electron chi connectivity index (χ3n) is 3.16. The highest BCUT2D eigenvalue weighted by atomic mass is 15.3. The van der Waals surface area contributed by atoms with Crippen molar-refractivity contribution in [3.63, 3.8) is 0 Å². The van der Waals surface area contributed by atoms with Gasteiger partial charge in [0.2, 0.25) is 0 Å². The summed E-state index contributed by atoms with van der Waals surface area (Å²) in [4.78, 5) is 8.77. The zero-order valence-electron chi connectivity index (χ0n) is 12.3. The van der Waals surface area contributed by atoms with Crippen molar-refractivity contribution in [2.45, 2.75) is 41.2 Å². The summed E-state index contributed by atoms with van der Waals surface area (Å²) in [6, 6.07) is 1.96. The fourth-order valence-corrected chi connectivity index (χ4v) is 2.21. The molecule has 1 N–H and O–H groups in total. The second kappa shape index (κ2) is 5.48. The average molecular weight is 259 g/mol. The molecule has 0 atom stereocenters. The van der Waals surface area contributed by atoms with Crippen molar-refractivity contribution in [1.82, 2.24) is 25.1 Å². The van der Waals surface area contributed by atoms with E-state index in [4.69, 9.17) is 0 Å². The van der Waals surface area contributed by atoms with E-state index in [1.54, 1.807) is 0 Å². The standard InChI is InChI=1S/C14H21N5/c1-6-15-8-13-10(3)18-19(11(13)4)14-7-9(2)16-12(5)17-14/h7,15H,6,8H2,1-5H3. The van der Waals surface area contributed by atoms with Gasteiger partial charge in [0.15, 0.2) is 5.82 Å². The van der Waals surface area contributed by atoms with Crippen LogP contribution in [0.4, 0.5) is 0 Å². The van der Waals surface area contributed by atoms with Gasteiger partial charge in [-0.2, -0.15) is 5.10 Å². The quantitative estimate of drug-likeness (QED) is 0.912. The van der Waals surface area contributed by atoms with Crippen LogP contribution in [0.1, 0.15) is 35.4 Å². The lowest BCUT2D eigenvalue weighted by Gasteiger charge is -2.06. The van der Waals surface area contributed by atoms with Crippen LogP contribution >= 0.6 is 0 Å². The molecule has 0 bridgehead atoms. The number of aromatic nitrogens is 4. The summed E-state index contributed by atoms with van der Waals surface area (Å²) >= 11 is 0. The summed E-state index contributed by atoms with van der Waals surface area (Å²) in [5.74, 6) is 1.61. The van der Waals surface area contributed by atoms with E-state index >= 15 is 0 Å². The second-order valence-electron chi connectivity index (χ2n) is 4.76. The van der Waals surface area contributed by atoms with Gasteiger partial charge in [0.05, 0.1) is 5.69 Å². The smallest absolute Gasteiger partial charge is 0.157 e. The summed E-state index contributed by atoms with van der Waals surface area (Å²) < 4.78 is 1.91. The molecule has 2 aromatic heterocycles. The van der Waals surface area contributed by atoms with Gasteiger partial charge in [-0.3, -0.25) is 0 Å². The van der Waals surface area contributed by atoms with Crippen molar-refractivity contribution >= 4 is 0 Å². The average Bonchev–Trinajstić information content (AvgIpc) is 2.61. The molecule has 0 unspecified atom stereocenters. The van der Waals surface area contributed by atoms with Crippen molar-refractivity contribution in [2.75, 3.05) is 6.54 Å². The molecule has 2 heterocycles. The Morgan fingerprint density at radius 2 is 1.89 bits per heavy atom. The van der Waals surface area contributed by atoms with Gasteiger partial charge in [-0.15, -0.1) is 0 Å². The number of aryl methyl sites for hydroxylation is 3. The number of nitrogens with one attached hydrogen (secondary N) is 1. The largest absolute Gasteiger partial charge is 0.313 e. The minimum Gasteiger partial charge on any atom is -0.313 e. The van der Waals surface area contributed by atoms with Gasteiger partial charge in [0, 0.05) is 29.6 Å². The van der Waals surface area contributed by atoms with E-state index < -0.39 is 0 Å². The number of hydrogen-bond donors (Lipinski definition) is 1. The molecule has 0 aliphatic rings. The molecule has 2 aromatic rings. The maximum absolute atomic E-state index is 4.60. The fourth-order valence-electron chi connectivity index (χ4n) is 2.21. The summed E-state index contributed by atoms with van der Waals surface area (Å²) in [6.07, 6.45) is 0. The molecule has 0 aliphatic heterocycles. The molecule has 2 rings (SSSR count). The third kappa shape index (κ3) is 2.81. The van der Waals surface area contributed by atoms with E-state index in [2.05, 4.69) is 34.2 Å². The lowest BCUT2D eigenvalue weighted by atomic mass is 10.2. The van der Waals surface area contributed by atoms with Crippen molar-refractivity contribution in [3.05, 3.63) is 34.5 Å². The first-order chi connectivity index (χ1) is 9.02. The molecule has 19 heavy (non-hydrogen) atoms. The molecule has 0 saturated carbocycles. The highest BCUT2D eigenvalue weighted by molar-refractivity contribution is 5.33. The van der Waals surface area contributed by atoms with Crippen LogP contribution in [0.3, 0.4) is 0 Å². The van der Waals surface area contributed by atoms with Crippen LogP contribution in [0.5, 0.6) is 0 Å². The van der Waals surface area contributed by atoms with Crippen LogP contribution in [0.2, 0.25) is 0 Å². The van der Waals surface area contributed by atoms with Crippen molar-refractivity contribution < 1.29 is 0 Å². The van der Waals surface area contributed by atoms with Crippen LogP contribution in [0.15, 0.2) is 6.07 Å². The van der Waals surface area contributed by atoms with Gasteiger partial charge in [0.25, 0.3) is 0 Å². The van der Waals surface area contributed by atoms with Crippen LogP contribution in [-0.2, 0) is 6.54 Å². The zero-order valence-corrected chi connectivity index (χ0v) is 12.3. The van der Waals surface area contributed by atoms with E-state index in [1.165, 1.54) is 5.56 Å². The highest BCUT2D eigenvalue weighted by Gasteiger charge is 2.13. The molecule has 0 aliphatic carbocycles. The lowest BCUT2D eigenvalue weighted by molar-refractivity contribution is 0.718. The molecule has 0 spiro atoms. The van der Waals surface area contributed by atoms with Crippen LogP contribution in [0.25, 0.3) is 5.82 Å². The Balaban J connectivity index is 2.45. The van der Waals surface area contributed by atoms with E-state index in [0.29, 0.717) is 0 Å². The number of nitrogens with zero attached hydrogens (tertiary/aromatic N) is 4. The summed E-state index contributed by atoms with van der Waals surface area (Å²) in [6.45, 7) is 11.9. The predicted molar refractivity (Wildman–Crippen MR) is 75.5 cm³/mol. The van der Waals surface area contributed by atoms with Gasteiger partial charge in [-0.1, -0.05) is 6.92 Å². The van der Waals surface area contributed by atoms with E-state index in [1.807, 2.05) is 31.5 Å². The molecule has 0 aromatic carbocycles. The lowest BCUT2D eigenvalue weighted by Crippen LogP contribution is -2.13. The van der Waals surface area contributed by atoms with E-state index in [0.717, 1.165) is 41.8 Å². The molecule has 0 radical (unpaired) electrons. The highest BCUT2D eigenvalue weighted by Crippen LogP contribution is 2.17. The molecule has 0 saturated heterocycles. The molecule has 0 amide bonds. The van der Waals surface area contributed by atoms with Gasteiger partial charge in [-0.05, 0) is 34.2 Å². The van der Waals surface area contributed by atoms with Crippen molar-refractivity contribution in [1.29, 1.82) is 0 Å². The second-order valence-corrected chi connectivity index (χ2v) is 4.76. The zero-order chi connectivity index (χ0) is 14.0. The van der Waals surface area contributed by atoms with Crippen LogP contribution in [-0.4, -0.2) is 26.3 Å². The minimum absolute atomic E-state index is 0.774. The molecule has 0 fully saturated rings. The number of hydrogen-bond acceptors (Lipinski definition) is 4. The summed E-state index contributed by atoms with van der Waals surface area (Å²) in [7, 11) is 0. The Morgan fingerprint density at radius 1 is 1.16 bits per heavy atom. The Bertz CT molecular complexity index is 566. The van der Waals surface area contributed by atoms with E-state index in [-0.39, 0.29) is 0 Å². The molecular formula is C14H21N5. The van der Waals surface area contributed by atoms with Gasteiger partial charge >= 0.3 is 0 Å². The van der Waals surface area contributed by atoms with Gasteiger partial charge in [0.1, 0.15) is 5.82 Å². The minimum atomic E-state index is 0.774.